The molecule has 0 aliphatic carbocycles. The number of nitrogens with one attached hydrogen (secondary N) is 2. The lowest BCUT2D eigenvalue weighted by Gasteiger charge is -2.22. The van der Waals surface area contributed by atoms with Crippen LogP contribution in [-0.2, 0) is 37.9 Å². The molecule has 420 valence electrons. The maximum absolute atomic E-state index is 5.75. The first-order valence-corrected chi connectivity index (χ1v) is 28.2. The molecule has 0 atom stereocenters. The van der Waals surface area contributed by atoms with Crippen LogP contribution in [0.3, 0.4) is 0 Å². The molecular weight excluding hydrogens is 957 g/mol. The second-order valence-electron chi connectivity index (χ2n) is 20.3. The maximum atomic E-state index is 5.75. The molecule has 2 heterocycles. The van der Waals surface area contributed by atoms with Crippen molar-refractivity contribution < 1.29 is 37.9 Å². The van der Waals surface area contributed by atoms with E-state index < -0.39 is 0 Å². The summed E-state index contributed by atoms with van der Waals surface area (Å²) in [4.78, 5) is 14.3. The number of anilines is 4. The molecule has 0 saturated carbocycles. The lowest BCUT2D eigenvalue weighted by molar-refractivity contribution is 0.00206. The standard InChI is InChI=1S/2C31H47N3O4/c2*1-25(2)28-9-7-10-29(26(3)4)31(28)33-30-11-6-5-8-27(30)24-32-12-13-34-14-16-35-18-20-37-22-23-38-21-19-36-17-15-34/h2*5-11,24-26,33H,12-23H2,1-4H3. The summed E-state index contributed by atoms with van der Waals surface area (Å²) in [7, 11) is 0. The van der Waals surface area contributed by atoms with E-state index in [2.05, 4.69) is 161 Å². The minimum atomic E-state index is 0.434. The van der Waals surface area contributed by atoms with Crippen molar-refractivity contribution in [3.63, 3.8) is 0 Å². The third-order valence-electron chi connectivity index (χ3n) is 13.2. The Morgan fingerprint density at radius 2 is 0.632 bits per heavy atom. The van der Waals surface area contributed by atoms with E-state index in [1.165, 1.54) is 33.6 Å². The van der Waals surface area contributed by atoms with Gasteiger partial charge in [0.25, 0.3) is 0 Å². The highest BCUT2D eigenvalue weighted by molar-refractivity contribution is 5.90. The summed E-state index contributed by atoms with van der Waals surface area (Å²) in [6, 6.07) is 30.0. The topological polar surface area (TPSA) is 129 Å². The van der Waals surface area contributed by atoms with Crippen molar-refractivity contribution >= 4 is 35.2 Å². The summed E-state index contributed by atoms with van der Waals surface area (Å²) in [6.45, 7) is 34.3. The molecule has 2 aliphatic rings. The zero-order valence-corrected chi connectivity index (χ0v) is 47.6. The van der Waals surface area contributed by atoms with Crippen molar-refractivity contribution in [3.8, 4) is 0 Å². The first-order chi connectivity index (χ1) is 37.1. The molecular formula is C62H94N6O8. The fourth-order valence-corrected chi connectivity index (χ4v) is 8.80. The second-order valence-corrected chi connectivity index (χ2v) is 20.3. The Labute approximate surface area is 457 Å². The molecule has 2 aliphatic heterocycles. The smallest absolute Gasteiger partial charge is 0.0701 e. The Morgan fingerprint density at radius 3 is 0.908 bits per heavy atom. The van der Waals surface area contributed by atoms with Crippen LogP contribution in [0, 0.1) is 0 Å². The van der Waals surface area contributed by atoms with Crippen molar-refractivity contribution in [2.45, 2.75) is 79.1 Å². The van der Waals surface area contributed by atoms with Gasteiger partial charge in [0, 0.05) is 85.6 Å². The van der Waals surface area contributed by atoms with Crippen LogP contribution in [0.2, 0.25) is 0 Å². The number of aliphatic imine (C=N–C) groups is 2. The van der Waals surface area contributed by atoms with Gasteiger partial charge in [0.1, 0.15) is 0 Å². The van der Waals surface area contributed by atoms with Gasteiger partial charge in [-0.25, -0.2) is 0 Å². The minimum absolute atomic E-state index is 0.434. The highest BCUT2D eigenvalue weighted by atomic mass is 16.6. The van der Waals surface area contributed by atoms with Gasteiger partial charge in [0.15, 0.2) is 0 Å². The fraction of sp³-hybridized carbons (Fsp3) is 0.581. The van der Waals surface area contributed by atoms with Crippen LogP contribution in [0.4, 0.5) is 22.7 Å². The van der Waals surface area contributed by atoms with E-state index in [4.69, 9.17) is 47.9 Å². The summed E-state index contributed by atoms with van der Waals surface area (Å²) < 4.78 is 45.0. The Bertz CT molecular complexity index is 2000. The molecule has 2 saturated heterocycles. The number of nitrogens with zero attached hydrogens (tertiary/aromatic N) is 4. The maximum Gasteiger partial charge on any atom is 0.0701 e. The van der Waals surface area contributed by atoms with Gasteiger partial charge in [0.2, 0.25) is 0 Å². The Morgan fingerprint density at radius 1 is 0.368 bits per heavy atom. The van der Waals surface area contributed by atoms with Crippen LogP contribution in [-0.4, -0.2) is 180 Å². The summed E-state index contributed by atoms with van der Waals surface area (Å²) in [5, 5.41) is 7.52. The van der Waals surface area contributed by atoms with Crippen LogP contribution in [0.15, 0.2) is 94.9 Å². The average molecular weight is 1050 g/mol. The van der Waals surface area contributed by atoms with Gasteiger partial charge in [-0.3, -0.25) is 19.8 Å². The Kier molecular flexibility index (Phi) is 30.5. The van der Waals surface area contributed by atoms with E-state index in [1.807, 2.05) is 12.4 Å². The summed E-state index contributed by atoms with van der Waals surface area (Å²) >= 11 is 0. The molecule has 0 aromatic heterocycles. The van der Waals surface area contributed by atoms with Crippen LogP contribution < -0.4 is 10.6 Å². The van der Waals surface area contributed by atoms with Gasteiger partial charge in [-0.05, 0) is 58.1 Å². The molecule has 6 rings (SSSR count). The van der Waals surface area contributed by atoms with Crippen LogP contribution >= 0.6 is 0 Å². The van der Waals surface area contributed by atoms with Gasteiger partial charge in [-0.2, -0.15) is 0 Å². The van der Waals surface area contributed by atoms with E-state index in [9.17, 15) is 0 Å². The van der Waals surface area contributed by atoms with Crippen molar-refractivity contribution in [2.75, 3.05) is 169 Å². The Hall–Kier alpha value is -4.58. The number of hydrogen-bond acceptors (Lipinski definition) is 14. The largest absolute Gasteiger partial charge is 0.378 e. The van der Waals surface area contributed by atoms with Crippen molar-refractivity contribution in [3.05, 3.63) is 118 Å². The highest BCUT2D eigenvalue weighted by Gasteiger charge is 2.17. The number of ether oxygens (including phenoxy) is 8. The molecule has 4 aromatic carbocycles. The quantitative estimate of drug-likeness (QED) is 0.104. The van der Waals surface area contributed by atoms with E-state index in [0.29, 0.717) is 142 Å². The number of benzene rings is 4. The minimum Gasteiger partial charge on any atom is -0.378 e. The molecule has 0 spiro atoms. The molecule has 2 N–H and O–H groups in total. The van der Waals surface area contributed by atoms with E-state index in [-0.39, 0.29) is 0 Å². The van der Waals surface area contributed by atoms with E-state index in [0.717, 1.165) is 61.8 Å². The average Bonchev–Trinajstić information content (AvgIpc) is 3.43. The van der Waals surface area contributed by atoms with Gasteiger partial charge < -0.3 is 48.5 Å². The highest BCUT2D eigenvalue weighted by Crippen LogP contribution is 2.36. The van der Waals surface area contributed by atoms with Crippen LogP contribution in [0.25, 0.3) is 0 Å². The normalized spacial score (nSPS) is 17.5. The van der Waals surface area contributed by atoms with Crippen LogP contribution in [0.1, 0.15) is 112 Å². The third-order valence-corrected chi connectivity index (χ3v) is 13.2. The van der Waals surface area contributed by atoms with Crippen LogP contribution in [0.5, 0.6) is 0 Å². The number of rotatable bonds is 16. The third kappa shape index (κ3) is 23.6. The predicted octanol–water partition coefficient (Wildman–Crippen LogP) is 11.0. The molecule has 2 fully saturated rings. The van der Waals surface area contributed by atoms with E-state index in [1.54, 1.807) is 0 Å². The monoisotopic (exact) mass is 1050 g/mol. The van der Waals surface area contributed by atoms with Crippen molar-refractivity contribution in [2.24, 2.45) is 9.98 Å². The Balaban J connectivity index is 0.000000281. The molecule has 14 heteroatoms. The fourth-order valence-electron chi connectivity index (χ4n) is 8.80. The first-order valence-electron chi connectivity index (χ1n) is 28.2. The van der Waals surface area contributed by atoms with Crippen molar-refractivity contribution in [1.82, 2.24) is 9.80 Å². The summed E-state index contributed by atoms with van der Waals surface area (Å²) in [6.07, 6.45) is 3.98. The molecule has 0 radical (unpaired) electrons. The molecule has 76 heavy (non-hydrogen) atoms. The summed E-state index contributed by atoms with van der Waals surface area (Å²) in [5.74, 6) is 1.73. The molecule has 14 nitrogen and oxygen atoms in total. The SMILES string of the molecule is CC(C)c1cccc(C(C)C)c1Nc1ccccc1C=NCCN1CCOCCOCCOCCOCC1.CC(C)c1cccc(C(C)C)c1Nc1ccccc1C=NCCN1CCOCCOCCOCCOCC1. The van der Waals surface area contributed by atoms with Gasteiger partial charge in [0.05, 0.1) is 119 Å². The molecule has 0 amide bonds. The van der Waals surface area contributed by atoms with Crippen molar-refractivity contribution in [1.29, 1.82) is 0 Å². The molecule has 0 bridgehead atoms. The number of para-hydroxylation sites is 4. The lowest BCUT2D eigenvalue weighted by Crippen LogP contribution is -2.33. The first kappa shape index (κ1) is 62.3. The molecule has 0 unspecified atom stereocenters. The predicted molar refractivity (Wildman–Crippen MR) is 313 cm³/mol. The zero-order valence-electron chi connectivity index (χ0n) is 47.6. The van der Waals surface area contributed by atoms with Gasteiger partial charge >= 0.3 is 0 Å². The van der Waals surface area contributed by atoms with Gasteiger partial charge in [-0.1, -0.05) is 128 Å². The van der Waals surface area contributed by atoms with E-state index >= 15 is 0 Å². The van der Waals surface area contributed by atoms with Gasteiger partial charge in [-0.15, -0.1) is 0 Å². The summed E-state index contributed by atoms with van der Waals surface area (Å²) in [5.41, 5.74) is 12.1. The molecule has 4 aromatic rings. The number of hydrogen-bond donors (Lipinski definition) is 2. The lowest BCUT2D eigenvalue weighted by atomic mass is 9.92. The second kappa shape index (κ2) is 37.3. The zero-order chi connectivity index (χ0) is 54.0.